The number of carbonyl (C=O) groups excluding carboxylic acids is 2. The number of nitrogens with two attached hydrogens (primary N) is 1. The Morgan fingerprint density at radius 3 is 2.41 bits per heavy atom. The van der Waals surface area contributed by atoms with Gasteiger partial charge in [-0.05, 0) is 6.07 Å². The second kappa shape index (κ2) is 5.42. The number of aliphatic hydroxyl groups excluding tert-OH is 2. The maximum Gasteiger partial charge on any atom is 0.249 e. The van der Waals surface area contributed by atoms with Crippen molar-refractivity contribution in [3.63, 3.8) is 0 Å². The van der Waals surface area contributed by atoms with Crippen LogP contribution < -0.4 is 11.1 Å². The van der Waals surface area contributed by atoms with Gasteiger partial charge in [0.25, 0.3) is 0 Å². The number of amides is 2. The van der Waals surface area contributed by atoms with Crippen LogP contribution in [0.5, 0.6) is 0 Å². The highest BCUT2D eigenvalue weighted by atomic mass is 16.3. The third-order valence-electron chi connectivity index (χ3n) is 2.18. The molecule has 0 saturated carbocycles. The normalized spacial score (nSPS) is 13.8. The van der Waals surface area contributed by atoms with Gasteiger partial charge in [-0.3, -0.25) is 9.59 Å². The van der Waals surface area contributed by atoms with Crippen LogP contribution in [0.2, 0.25) is 0 Å². The first-order chi connectivity index (χ1) is 7.93. The fraction of sp³-hybridized carbons (Fsp3) is 0.273. The topological polar surface area (TPSA) is 113 Å². The molecule has 0 spiro atoms. The lowest BCUT2D eigenvalue weighted by molar-refractivity contribution is -0.131. The number of rotatable bonds is 4. The van der Waals surface area contributed by atoms with Crippen molar-refractivity contribution in [2.45, 2.75) is 19.1 Å². The molecule has 2 amide bonds. The van der Waals surface area contributed by atoms with E-state index in [2.05, 4.69) is 5.32 Å². The number of aliphatic hydroxyl groups is 2. The number of hydrogen-bond acceptors (Lipinski definition) is 4. The summed E-state index contributed by atoms with van der Waals surface area (Å²) in [4.78, 5) is 21.7. The van der Waals surface area contributed by atoms with Crippen LogP contribution >= 0.6 is 0 Å². The van der Waals surface area contributed by atoms with Crippen molar-refractivity contribution in [3.05, 3.63) is 29.8 Å². The summed E-state index contributed by atoms with van der Waals surface area (Å²) in [7, 11) is 0. The van der Waals surface area contributed by atoms with Crippen LogP contribution in [-0.2, 0) is 9.59 Å². The third kappa shape index (κ3) is 3.27. The molecule has 0 fully saturated rings. The number of benzene rings is 1. The Hall–Kier alpha value is -1.92. The summed E-state index contributed by atoms with van der Waals surface area (Å²) in [6, 6.07) is 6.30. The third-order valence-corrected chi connectivity index (χ3v) is 2.18. The number of nitrogens with one attached hydrogen (secondary N) is 1. The Bertz CT molecular complexity index is 433. The van der Waals surface area contributed by atoms with Gasteiger partial charge in [0.15, 0.2) is 6.10 Å². The molecule has 92 valence electrons. The van der Waals surface area contributed by atoms with Crippen LogP contribution in [0.3, 0.4) is 0 Å². The highest BCUT2D eigenvalue weighted by Gasteiger charge is 2.25. The SMILES string of the molecule is CC(=O)Nc1ccccc1C(O)C(O)C(N)=O. The van der Waals surface area contributed by atoms with Crippen LogP contribution in [0, 0.1) is 0 Å². The number of primary amides is 1. The molecule has 0 radical (unpaired) electrons. The largest absolute Gasteiger partial charge is 0.385 e. The fourth-order valence-corrected chi connectivity index (χ4v) is 1.38. The van der Waals surface area contributed by atoms with E-state index < -0.39 is 18.1 Å². The molecule has 0 heterocycles. The molecule has 0 aliphatic rings. The van der Waals surface area contributed by atoms with E-state index in [4.69, 9.17) is 5.73 Å². The van der Waals surface area contributed by atoms with Crippen molar-refractivity contribution in [2.75, 3.05) is 5.32 Å². The lowest BCUT2D eigenvalue weighted by atomic mass is 10.0. The summed E-state index contributed by atoms with van der Waals surface area (Å²) in [6.07, 6.45) is -3.19. The summed E-state index contributed by atoms with van der Waals surface area (Å²) in [5.74, 6) is -1.35. The second-order valence-electron chi connectivity index (χ2n) is 3.56. The Kier molecular flexibility index (Phi) is 4.19. The molecule has 2 unspecified atom stereocenters. The van der Waals surface area contributed by atoms with E-state index in [1.165, 1.54) is 13.0 Å². The molecule has 2 atom stereocenters. The van der Waals surface area contributed by atoms with Gasteiger partial charge in [0.2, 0.25) is 11.8 Å². The van der Waals surface area contributed by atoms with Crippen molar-refractivity contribution < 1.29 is 19.8 Å². The number of hydrogen-bond donors (Lipinski definition) is 4. The molecule has 1 aromatic carbocycles. The van der Waals surface area contributed by atoms with Crippen molar-refractivity contribution >= 4 is 17.5 Å². The molecule has 0 aliphatic heterocycles. The van der Waals surface area contributed by atoms with E-state index in [9.17, 15) is 19.8 Å². The van der Waals surface area contributed by atoms with Gasteiger partial charge in [-0.15, -0.1) is 0 Å². The first-order valence-corrected chi connectivity index (χ1v) is 4.95. The molecule has 0 aromatic heterocycles. The zero-order chi connectivity index (χ0) is 13.0. The van der Waals surface area contributed by atoms with E-state index in [1.54, 1.807) is 18.2 Å². The van der Waals surface area contributed by atoms with Crippen LogP contribution in [0.1, 0.15) is 18.6 Å². The van der Waals surface area contributed by atoms with E-state index >= 15 is 0 Å². The predicted octanol–water partition coefficient (Wildman–Crippen LogP) is -0.475. The average molecular weight is 238 g/mol. The van der Waals surface area contributed by atoms with Crippen molar-refractivity contribution in [1.82, 2.24) is 0 Å². The number of anilines is 1. The van der Waals surface area contributed by atoms with Crippen molar-refractivity contribution in [2.24, 2.45) is 5.73 Å². The van der Waals surface area contributed by atoms with Gasteiger partial charge in [-0.2, -0.15) is 0 Å². The van der Waals surface area contributed by atoms with Gasteiger partial charge < -0.3 is 21.3 Å². The molecule has 1 aromatic rings. The highest BCUT2D eigenvalue weighted by Crippen LogP contribution is 2.25. The monoisotopic (exact) mass is 238 g/mol. The minimum atomic E-state index is -1.72. The fourth-order valence-electron chi connectivity index (χ4n) is 1.38. The lowest BCUT2D eigenvalue weighted by Crippen LogP contribution is -2.34. The molecule has 17 heavy (non-hydrogen) atoms. The van der Waals surface area contributed by atoms with Crippen LogP contribution in [0.15, 0.2) is 24.3 Å². The van der Waals surface area contributed by atoms with Crippen molar-refractivity contribution in [3.8, 4) is 0 Å². The molecular formula is C11H14N2O4. The second-order valence-corrected chi connectivity index (χ2v) is 3.56. The first-order valence-electron chi connectivity index (χ1n) is 4.95. The zero-order valence-electron chi connectivity index (χ0n) is 9.25. The molecule has 0 aliphatic carbocycles. The Balaban J connectivity index is 3.04. The standard InChI is InChI=1S/C11H14N2O4/c1-6(14)13-8-5-3-2-4-7(8)9(15)10(16)11(12)17/h2-5,9-10,15-16H,1H3,(H2,12,17)(H,13,14). The van der Waals surface area contributed by atoms with Gasteiger partial charge in [0, 0.05) is 18.2 Å². The molecule has 6 heteroatoms. The Morgan fingerprint density at radius 1 is 1.29 bits per heavy atom. The lowest BCUT2D eigenvalue weighted by Gasteiger charge is -2.18. The molecule has 0 bridgehead atoms. The Labute approximate surface area is 98.1 Å². The van der Waals surface area contributed by atoms with Crippen molar-refractivity contribution in [1.29, 1.82) is 0 Å². The van der Waals surface area contributed by atoms with Crippen LogP contribution in [-0.4, -0.2) is 28.1 Å². The van der Waals surface area contributed by atoms with Gasteiger partial charge in [-0.1, -0.05) is 18.2 Å². The minimum absolute atomic E-state index is 0.231. The van der Waals surface area contributed by atoms with Gasteiger partial charge >= 0.3 is 0 Å². The number of para-hydroxylation sites is 1. The van der Waals surface area contributed by atoms with Gasteiger partial charge in [0.05, 0.1) is 0 Å². The molecule has 0 saturated heterocycles. The summed E-state index contributed by atoms with van der Waals surface area (Å²) in [5.41, 5.74) is 5.45. The summed E-state index contributed by atoms with van der Waals surface area (Å²) >= 11 is 0. The van der Waals surface area contributed by atoms with E-state index in [0.717, 1.165) is 0 Å². The zero-order valence-corrected chi connectivity index (χ0v) is 9.25. The van der Waals surface area contributed by atoms with Gasteiger partial charge in [-0.25, -0.2) is 0 Å². The molecule has 5 N–H and O–H groups in total. The Morgan fingerprint density at radius 2 is 1.88 bits per heavy atom. The quantitative estimate of drug-likeness (QED) is 0.567. The summed E-state index contributed by atoms with van der Waals surface area (Å²) in [6.45, 7) is 1.31. The molecule has 1 rings (SSSR count). The smallest absolute Gasteiger partial charge is 0.249 e. The minimum Gasteiger partial charge on any atom is -0.385 e. The van der Waals surface area contributed by atoms with Crippen LogP contribution in [0.4, 0.5) is 5.69 Å². The van der Waals surface area contributed by atoms with Gasteiger partial charge in [0.1, 0.15) is 6.10 Å². The van der Waals surface area contributed by atoms with Crippen LogP contribution in [0.25, 0.3) is 0 Å². The molecular weight excluding hydrogens is 224 g/mol. The average Bonchev–Trinajstić information content (AvgIpc) is 2.27. The van der Waals surface area contributed by atoms with E-state index in [1.807, 2.05) is 0 Å². The predicted molar refractivity (Wildman–Crippen MR) is 60.9 cm³/mol. The first kappa shape index (κ1) is 13.1. The number of carbonyl (C=O) groups is 2. The summed E-state index contributed by atoms with van der Waals surface area (Å²) < 4.78 is 0. The van der Waals surface area contributed by atoms with E-state index in [0.29, 0.717) is 5.69 Å². The maximum absolute atomic E-state index is 10.9. The van der Waals surface area contributed by atoms with E-state index in [-0.39, 0.29) is 11.5 Å². The summed E-state index contributed by atoms with van der Waals surface area (Å²) in [5, 5.41) is 21.6. The highest BCUT2D eigenvalue weighted by molar-refractivity contribution is 5.90. The molecule has 6 nitrogen and oxygen atoms in total. The maximum atomic E-state index is 10.9.